The van der Waals surface area contributed by atoms with Crippen molar-refractivity contribution in [2.45, 2.75) is 32.2 Å². The SMILES string of the molecule is C[C@@H](COCCC(=O)N1CCN(c2ccc(CN)cn2)CC1)Oc1cn[nH]c(=O)c1C(F)(F)F. The van der Waals surface area contributed by atoms with Crippen molar-refractivity contribution in [3.63, 3.8) is 0 Å². The Kier molecular flexibility index (Phi) is 8.45. The molecule has 1 fully saturated rings. The summed E-state index contributed by atoms with van der Waals surface area (Å²) in [4.78, 5) is 32.2. The van der Waals surface area contributed by atoms with Crippen LogP contribution in [-0.4, -0.2) is 71.5 Å². The molecule has 3 N–H and O–H groups in total. The van der Waals surface area contributed by atoms with Gasteiger partial charge in [-0.3, -0.25) is 9.59 Å². The Bertz CT molecular complexity index is 1010. The lowest BCUT2D eigenvalue weighted by Crippen LogP contribution is -2.49. The van der Waals surface area contributed by atoms with Gasteiger partial charge in [0, 0.05) is 38.9 Å². The van der Waals surface area contributed by atoms with E-state index in [1.165, 1.54) is 6.92 Å². The highest BCUT2D eigenvalue weighted by Crippen LogP contribution is 2.33. The summed E-state index contributed by atoms with van der Waals surface area (Å²) >= 11 is 0. The molecule has 0 spiro atoms. The molecule has 1 atom stereocenters. The summed E-state index contributed by atoms with van der Waals surface area (Å²) in [5.41, 5.74) is 3.71. The first-order chi connectivity index (χ1) is 16.2. The van der Waals surface area contributed by atoms with Gasteiger partial charge in [0.2, 0.25) is 5.91 Å². The Morgan fingerprint density at radius 1 is 1.24 bits per heavy atom. The summed E-state index contributed by atoms with van der Waals surface area (Å²) in [6, 6.07) is 3.84. The van der Waals surface area contributed by atoms with Crippen LogP contribution in [0.1, 0.15) is 24.5 Å². The number of amides is 1. The topological polar surface area (TPSA) is 127 Å². The van der Waals surface area contributed by atoms with E-state index in [-0.39, 0.29) is 25.5 Å². The molecule has 0 bridgehead atoms. The van der Waals surface area contributed by atoms with Crippen LogP contribution in [0, 0.1) is 0 Å². The van der Waals surface area contributed by atoms with Crippen LogP contribution >= 0.6 is 0 Å². The zero-order valence-electron chi connectivity index (χ0n) is 18.7. The second-order valence-corrected chi connectivity index (χ2v) is 7.79. The van der Waals surface area contributed by atoms with E-state index >= 15 is 0 Å². The zero-order valence-corrected chi connectivity index (χ0v) is 18.7. The third-order valence-electron chi connectivity index (χ3n) is 5.25. The van der Waals surface area contributed by atoms with Gasteiger partial charge in [-0.2, -0.15) is 18.3 Å². The lowest BCUT2D eigenvalue weighted by molar-refractivity contribution is -0.141. The summed E-state index contributed by atoms with van der Waals surface area (Å²) in [6.07, 6.45) is -3.00. The van der Waals surface area contributed by atoms with Gasteiger partial charge >= 0.3 is 6.18 Å². The van der Waals surface area contributed by atoms with Gasteiger partial charge in [0.15, 0.2) is 11.3 Å². The number of hydrogen-bond donors (Lipinski definition) is 2. The third-order valence-corrected chi connectivity index (χ3v) is 5.25. The normalized spacial score (nSPS) is 15.3. The van der Waals surface area contributed by atoms with E-state index in [0.717, 1.165) is 17.6 Å². The fourth-order valence-corrected chi connectivity index (χ4v) is 3.47. The van der Waals surface area contributed by atoms with Crippen molar-refractivity contribution in [3.05, 3.63) is 46.0 Å². The standard InChI is InChI=1S/C21H27F3N6O4/c1-14(34-16-12-27-28-20(32)19(16)21(22,23)24)13-33-9-4-18(31)30-7-5-29(6-8-30)17-3-2-15(10-25)11-26-17/h2-3,11-12,14H,4-10,13,25H2,1H3,(H,28,32)/t14-/m0/s1. The van der Waals surface area contributed by atoms with Crippen LogP contribution in [0.25, 0.3) is 0 Å². The fourth-order valence-electron chi connectivity index (χ4n) is 3.47. The molecule has 1 amide bonds. The summed E-state index contributed by atoms with van der Waals surface area (Å²) in [6.45, 7) is 4.36. The molecule has 0 unspecified atom stereocenters. The molecule has 3 heterocycles. The van der Waals surface area contributed by atoms with Crippen LogP contribution in [0.15, 0.2) is 29.3 Å². The molecule has 13 heteroatoms. The molecular formula is C21H27F3N6O4. The highest BCUT2D eigenvalue weighted by molar-refractivity contribution is 5.76. The second kappa shape index (κ2) is 11.3. The predicted octanol–water partition coefficient (Wildman–Crippen LogP) is 1.17. The number of nitrogens with zero attached hydrogens (tertiary/aromatic N) is 4. The monoisotopic (exact) mass is 484 g/mol. The van der Waals surface area contributed by atoms with Gasteiger partial charge in [-0.1, -0.05) is 6.07 Å². The maximum absolute atomic E-state index is 13.1. The molecule has 2 aromatic heterocycles. The van der Waals surface area contributed by atoms with Gasteiger partial charge < -0.3 is 25.0 Å². The molecule has 3 rings (SSSR count). The molecule has 0 radical (unpaired) electrons. The molecule has 34 heavy (non-hydrogen) atoms. The minimum absolute atomic E-state index is 0.0599. The number of alkyl halides is 3. The first-order valence-corrected chi connectivity index (χ1v) is 10.8. The average Bonchev–Trinajstić information content (AvgIpc) is 2.81. The average molecular weight is 484 g/mol. The van der Waals surface area contributed by atoms with Crippen molar-refractivity contribution in [1.29, 1.82) is 0 Å². The van der Waals surface area contributed by atoms with E-state index in [9.17, 15) is 22.8 Å². The van der Waals surface area contributed by atoms with Crippen LogP contribution in [-0.2, 0) is 22.3 Å². The van der Waals surface area contributed by atoms with Crippen LogP contribution in [0.3, 0.4) is 0 Å². The number of rotatable bonds is 9. The number of nitrogens with two attached hydrogens (primary N) is 1. The van der Waals surface area contributed by atoms with Gasteiger partial charge in [0.05, 0.1) is 25.8 Å². The van der Waals surface area contributed by atoms with E-state index in [0.29, 0.717) is 32.7 Å². The van der Waals surface area contributed by atoms with Gasteiger partial charge in [-0.15, -0.1) is 0 Å². The minimum Gasteiger partial charge on any atom is -0.486 e. The number of carbonyl (C=O) groups is 1. The van der Waals surface area contributed by atoms with Crippen molar-refractivity contribution >= 4 is 11.7 Å². The number of aromatic amines is 1. The van der Waals surface area contributed by atoms with Crippen LogP contribution in [0.4, 0.5) is 19.0 Å². The van der Waals surface area contributed by atoms with Crippen molar-refractivity contribution in [2.24, 2.45) is 5.73 Å². The third kappa shape index (κ3) is 6.67. The molecule has 0 aromatic carbocycles. The van der Waals surface area contributed by atoms with Crippen molar-refractivity contribution in [1.82, 2.24) is 20.1 Å². The number of hydrogen-bond acceptors (Lipinski definition) is 8. The van der Waals surface area contributed by atoms with Gasteiger partial charge in [0.1, 0.15) is 11.9 Å². The largest absolute Gasteiger partial charge is 0.486 e. The number of aromatic nitrogens is 3. The maximum atomic E-state index is 13.1. The summed E-state index contributed by atoms with van der Waals surface area (Å²) in [5, 5.41) is 5.09. The highest BCUT2D eigenvalue weighted by Gasteiger charge is 2.38. The number of anilines is 1. The van der Waals surface area contributed by atoms with Crippen LogP contribution < -0.4 is 20.9 Å². The second-order valence-electron chi connectivity index (χ2n) is 7.79. The number of H-pyrrole nitrogens is 1. The van der Waals surface area contributed by atoms with Crippen LogP contribution in [0.2, 0.25) is 0 Å². The molecular weight excluding hydrogens is 457 g/mol. The van der Waals surface area contributed by atoms with Gasteiger partial charge in [-0.25, -0.2) is 10.1 Å². The number of ether oxygens (including phenoxy) is 2. The summed E-state index contributed by atoms with van der Waals surface area (Å²) < 4.78 is 49.8. The number of pyridine rings is 1. The van der Waals surface area contributed by atoms with E-state index in [1.54, 1.807) is 16.2 Å². The Balaban J connectivity index is 1.39. The summed E-state index contributed by atoms with van der Waals surface area (Å²) in [7, 11) is 0. The number of carbonyl (C=O) groups excluding carboxylic acids is 1. The highest BCUT2D eigenvalue weighted by atomic mass is 19.4. The Morgan fingerprint density at radius 2 is 1.97 bits per heavy atom. The zero-order chi connectivity index (χ0) is 24.7. The van der Waals surface area contributed by atoms with Crippen molar-refractivity contribution < 1.29 is 27.4 Å². The Hall–Kier alpha value is -3.19. The molecule has 10 nitrogen and oxygen atoms in total. The first-order valence-electron chi connectivity index (χ1n) is 10.8. The van der Waals surface area contributed by atoms with E-state index in [4.69, 9.17) is 15.2 Å². The lowest BCUT2D eigenvalue weighted by atomic mass is 10.2. The Morgan fingerprint density at radius 3 is 2.59 bits per heavy atom. The van der Waals surface area contributed by atoms with Crippen molar-refractivity contribution in [2.75, 3.05) is 44.3 Å². The van der Waals surface area contributed by atoms with E-state index in [2.05, 4.69) is 15.0 Å². The number of piperazine rings is 1. The summed E-state index contributed by atoms with van der Waals surface area (Å²) in [5.74, 6) is 0.0946. The van der Waals surface area contributed by atoms with Crippen molar-refractivity contribution in [3.8, 4) is 5.75 Å². The van der Waals surface area contributed by atoms with Crippen LogP contribution in [0.5, 0.6) is 5.75 Å². The van der Waals surface area contributed by atoms with Gasteiger partial charge in [-0.05, 0) is 18.6 Å². The molecule has 1 aliphatic heterocycles. The molecule has 0 aliphatic carbocycles. The smallest absolute Gasteiger partial charge is 0.425 e. The number of nitrogens with one attached hydrogen (secondary N) is 1. The molecule has 1 aliphatic rings. The molecule has 1 saturated heterocycles. The fraction of sp³-hybridized carbons (Fsp3) is 0.524. The molecule has 0 saturated carbocycles. The van der Waals surface area contributed by atoms with E-state index in [1.807, 2.05) is 12.1 Å². The lowest BCUT2D eigenvalue weighted by Gasteiger charge is -2.35. The molecule has 2 aromatic rings. The van der Waals surface area contributed by atoms with E-state index < -0.39 is 29.2 Å². The quantitative estimate of drug-likeness (QED) is 0.508. The Labute approximate surface area is 193 Å². The maximum Gasteiger partial charge on any atom is 0.425 e. The minimum atomic E-state index is -4.88. The predicted molar refractivity (Wildman–Crippen MR) is 116 cm³/mol. The molecule has 186 valence electrons. The van der Waals surface area contributed by atoms with Gasteiger partial charge in [0.25, 0.3) is 5.56 Å². The first kappa shape index (κ1) is 25.4. The number of halogens is 3.